The van der Waals surface area contributed by atoms with Gasteiger partial charge >= 0.3 is 0 Å². The molecule has 2 N–H and O–H groups in total. The summed E-state index contributed by atoms with van der Waals surface area (Å²) in [6.07, 6.45) is 4.26. The number of anilines is 2. The fourth-order valence-corrected chi connectivity index (χ4v) is 2.35. The molecule has 0 fully saturated rings. The Kier molecular flexibility index (Phi) is 4.84. The highest BCUT2D eigenvalue weighted by Gasteiger charge is 2.14. The average Bonchev–Trinajstić information content (AvgIpc) is 2.61. The molecule has 1 aromatic heterocycles. The summed E-state index contributed by atoms with van der Waals surface area (Å²) in [7, 11) is 0. The number of fused-ring (bicyclic) bond motifs is 1. The van der Waals surface area contributed by atoms with Crippen molar-refractivity contribution in [2.24, 2.45) is 0 Å². The van der Waals surface area contributed by atoms with Crippen molar-refractivity contribution >= 4 is 17.3 Å². The van der Waals surface area contributed by atoms with Crippen LogP contribution in [0, 0.1) is 0 Å². The van der Waals surface area contributed by atoms with E-state index in [0.29, 0.717) is 42.0 Å². The standard InChI is InChI=1S/C18H21N3O3/c1-3-12(2)20-15-8-13(10-19-11-15)18(22)21-14-4-5-16-17(9-14)24-7-6-23-16/h4-5,8-12,20H,3,6-7H2,1-2H3,(H,21,22). The Bertz CT molecular complexity index is 733. The maximum absolute atomic E-state index is 12.4. The van der Waals surface area contributed by atoms with Crippen molar-refractivity contribution < 1.29 is 14.3 Å². The van der Waals surface area contributed by atoms with Crippen molar-refractivity contribution in [3.05, 3.63) is 42.2 Å². The third-order valence-corrected chi connectivity index (χ3v) is 3.83. The molecule has 24 heavy (non-hydrogen) atoms. The van der Waals surface area contributed by atoms with Gasteiger partial charge in [-0.2, -0.15) is 0 Å². The maximum atomic E-state index is 12.4. The molecule has 3 rings (SSSR count). The minimum atomic E-state index is -0.216. The van der Waals surface area contributed by atoms with Gasteiger partial charge in [-0.25, -0.2) is 0 Å². The molecule has 0 saturated heterocycles. The van der Waals surface area contributed by atoms with E-state index in [0.717, 1.165) is 12.1 Å². The summed E-state index contributed by atoms with van der Waals surface area (Å²) in [4.78, 5) is 16.6. The first-order valence-corrected chi connectivity index (χ1v) is 8.08. The molecule has 0 bridgehead atoms. The van der Waals surface area contributed by atoms with E-state index in [1.54, 1.807) is 36.7 Å². The number of hydrogen-bond acceptors (Lipinski definition) is 5. The minimum Gasteiger partial charge on any atom is -0.486 e. The Labute approximate surface area is 141 Å². The number of nitrogens with one attached hydrogen (secondary N) is 2. The molecule has 1 unspecified atom stereocenters. The third-order valence-electron chi connectivity index (χ3n) is 3.83. The normalized spacial score (nSPS) is 13.9. The Hall–Kier alpha value is -2.76. The second kappa shape index (κ2) is 7.21. The summed E-state index contributed by atoms with van der Waals surface area (Å²) in [5.41, 5.74) is 1.99. The first-order chi connectivity index (χ1) is 11.7. The van der Waals surface area contributed by atoms with Crippen LogP contribution >= 0.6 is 0 Å². The van der Waals surface area contributed by atoms with Crippen molar-refractivity contribution in [2.45, 2.75) is 26.3 Å². The van der Waals surface area contributed by atoms with E-state index in [4.69, 9.17) is 9.47 Å². The molecule has 0 saturated carbocycles. The second-order valence-corrected chi connectivity index (χ2v) is 5.73. The minimum absolute atomic E-state index is 0.216. The molecule has 1 atom stereocenters. The van der Waals surface area contributed by atoms with Crippen LogP contribution in [0.4, 0.5) is 11.4 Å². The van der Waals surface area contributed by atoms with E-state index in [9.17, 15) is 4.79 Å². The van der Waals surface area contributed by atoms with Gasteiger partial charge in [-0.1, -0.05) is 6.92 Å². The van der Waals surface area contributed by atoms with Gasteiger partial charge < -0.3 is 20.1 Å². The average molecular weight is 327 g/mol. The van der Waals surface area contributed by atoms with Crippen molar-refractivity contribution in [3.63, 3.8) is 0 Å². The Morgan fingerprint density at radius 2 is 1.96 bits per heavy atom. The number of pyridine rings is 1. The van der Waals surface area contributed by atoms with E-state index in [1.165, 1.54) is 0 Å². The molecule has 6 nitrogen and oxygen atoms in total. The molecular weight excluding hydrogens is 306 g/mol. The molecule has 1 amide bonds. The van der Waals surface area contributed by atoms with Gasteiger partial charge in [-0.05, 0) is 31.5 Å². The van der Waals surface area contributed by atoms with Gasteiger partial charge in [0.1, 0.15) is 13.2 Å². The van der Waals surface area contributed by atoms with Gasteiger partial charge in [0.05, 0.1) is 11.3 Å². The van der Waals surface area contributed by atoms with E-state index in [1.807, 2.05) is 0 Å². The summed E-state index contributed by atoms with van der Waals surface area (Å²) in [5, 5.41) is 6.17. The highest BCUT2D eigenvalue weighted by atomic mass is 16.6. The van der Waals surface area contributed by atoms with Gasteiger partial charge in [0.15, 0.2) is 11.5 Å². The summed E-state index contributed by atoms with van der Waals surface area (Å²) < 4.78 is 11.0. The summed E-state index contributed by atoms with van der Waals surface area (Å²) >= 11 is 0. The lowest BCUT2D eigenvalue weighted by molar-refractivity contribution is 0.102. The van der Waals surface area contributed by atoms with Gasteiger partial charge in [0.25, 0.3) is 5.91 Å². The van der Waals surface area contributed by atoms with E-state index >= 15 is 0 Å². The van der Waals surface area contributed by atoms with Crippen LogP contribution in [0.5, 0.6) is 11.5 Å². The van der Waals surface area contributed by atoms with E-state index < -0.39 is 0 Å². The molecule has 1 aliphatic rings. The Balaban J connectivity index is 1.72. The number of benzene rings is 1. The van der Waals surface area contributed by atoms with Crippen molar-refractivity contribution in [1.29, 1.82) is 0 Å². The molecule has 0 radical (unpaired) electrons. The lowest BCUT2D eigenvalue weighted by Crippen LogP contribution is -2.17. The van der Waals surface area contributed by atoms with E-state index in [-0.39, 0.29) is 5.91 Å². The van der Waals surface area contributed by atoms with Gasteiger partial charge in [0.2, 0.25) is 0 Å². The summed E-state index contributed by atoms with van der Waals surface area (Å²) in [6, 6.07) is 7.47. The molecule has 6 heteroatoms. The largest absolute Gasteiger partial charge is 0.486 e. The van der Waals surface area contributed by atoms with Crippen molar-refractivity contribution in [2.75, 3.05) is 23.8 Å². The van der Waals surface area contributed by atoms with Crippen LogP contribution in [0.15, 0.2) is 36.7 Å². The fraction of sp³-hybridized carbons (Fsp3) is 0.333. The van der Waals surface area contributed by atoms with Crippen molar-refractivity contribution in [1.82, 2.24) is 4.98 Å². The van der Waals surface area contributed by atoms with Gasteiger partial charge in [-0.3, -0.25) is 9.78 Å². The zero-order valence-electron chi connectivity index (χ0n) is 13.8. The Morgan fingerprint density at radius 1 is 1.17 bits per heavy atom. The molecule has 0 spiro atoms. The molecule has 2 aromatic rings. The lowest BCUT2D eigenvalue weighted by atomic mass is 10.2. The maximum Gasteiger partial charge on any atom is 0.257 e. The van der Waals surface area contributed by atoms with Gasteiger partial charge in [-0.15, -0.1) is 0 Å². The second-order valence-electron chi connectivity index (χ2n) is 5.73. The van der Waals surface area contributed by atoms with Crippen LogP contribution in [-0.4, -0.2) is 30.1 Å². The van der Waals surface area contributed by atoms with E-state index in [2.05, 4.69) is 29.5 Å². The van der Waals surface area contributed by atoms with Crippen LogP contribution in [0.1, 0.15) is 30.6 Å². The molecular formula is C18H21N3O3. The SMILES string of the molecule is CCC(C)Nc1cncc(C(=O)Nc2ccc3c(c2)OCCO3)c1. The highest BCUT2D eigenvalue weighted by molar-refractivity contribution is 6.04. The predicted octanol–water partition coefficient (Wildman–Crippen LogP) is 3.32. The number of ether oxygens (including phenoxy) is 2. The zero-order chi connectivity index (χ0) is 16.9. The molecule has 0 aliphatic carbocycles. The number of hydrogen-bond donors (Lipinski definition) is 2. The third kappa shape index (κ3) is 3.76. The van der Waals surface area contributed by atoms with Crippen molar-refractivity contribution in [3.8, 4) is 11.5 Å². The highest BCUT2D eigenvalue weighted by Crippen LogP contribution is 2.32. The van der Waals surface area contributed by atoms with Crippen LogP contribution in [-0.2, 0) is 0 Å². The topological polar surface area (TPSA) is 72.5 Å². The number of carbonyl (C=O) groups excluding carboxylic acids is 1. The lowest BCUT2D eigenvalue weighted by Gasteiger charge is -2.19. The first-order valence-electron chi connectivity index (χ1n) is 8.08. The molecule has 126 valence electrons. The van der Waals surface area contributed by atoms with Crippen LogP contribution < -0.4 is 20.1 Å². The first kappa shape index (κ1) is 16.1. The number of rotatable bonds is 5. The number of carbonyl (C=O) groups is 1. The van der Waals surface area contributed by atoms with Crippen LogP contribution in [0.2, 0.25) is 0 Å². The smallest absolute Gasteiger partial charge is 0.257 e. The van der Waals surface area contributed by atoms with Crippen LogP contribution in [0.25, 0.3) is 0 Å². The van der Waals surface area contributed by atoms with Gasteiger partial charge in [0, 0.05) is 30.2 Å². The number of amides is 1. The Morgan fingerprint density at radius 3 is 2.75 bits per heavy atom. The fourth-order valence-electron chi connectivity index (χ4n) is 2.35. The van der Waals surface area contributed by atoms with Crippen LogP contribution in [0.3, 0.4) is 0 Å². The number of aromatic nitrogens is 1. The monoisotopic (exact) mass is 327 g/mol. The zero-order valence-corrected chi connectivity index (χ0v) is 13.8. The molecule has 1 aromatic carbocycles. The molecule has 1 aliphatic heterocycles. The quantitative estimate of drug-likeness (QED) is 0.881. The molecule has 2 heterocycles. The number of nitrogens with zero attached hydrogens (tertiary/aromatic N) is 1. The summed E-state index contributed by atoms with van der Waals surface area (Å²) in [6.45, 7) is 5.24. The summed E-state index contributed by atoms with van der Waals surface area (Å²) in [5.74, 6) is 1.12. The predicted molar refractivity (Wildman–Crippen MR) is 93.0 cm³/mol.